The molecule has 4 heteroatoms. The van der Waals surface area contributed by atoms with Gasteiger partial charge in [0.2, 0.25) is 0 Å². The second-order valence-corrected chi connectivity index (χ2v) is 7.02. The van der Waals surface area contributed by atoms with E-state index in [-0.39, 0.29) is 0 Å². The standard InChI is InChI=1S/C16H27N3O/c1-12(2)15-9-17-16(6-4-5-7-16)11-19(15)10-14-8-13(3)18-20-14/h8,12,15,17H,4-7,9-11H2,1-3H3. The summed E-state index contributed by atoms with van der Waals surface area (Å²) in [7, 11) is 0. The highest BCUT2D eigenvalue weighted by molar-refractivity contribution is 5.06. The second kappa shape index (κ2) is 5.49. The third-order valence-electron chi connectivity index (χ3n) is 5.03. The highest BCUT2D eigenvalue weighted by Crippen LogP contribution is 2.34. The van der Waals surface area contributed by atoms with E-state index in [0.29, 0.717) is 17.5 Å². The van der Waals surface area contributed by atoms with E-state index in [1.807, 2.05) is 6.92 Å². The van der Waals surface area contributed by atoms with Crippen molar-refractivity contribution in [2.24, 2.45) is 5.92 Å². The fourth-order valence-electron chi connectivity index (χ4n) is 3.92. The summed E-state index contributed by atoms with van der Waals surface area (Å²) in [6, 6.07) is 2.66. The number of hydrogen-bond acceptors (Lipinski definition) is 4. The monoisotopic (exact) mass is 277 g/mol. The van der Waals surface area contributed by atoms with E-state index in [2.05, 4.69) is 35.3 Å². The highest BCUT2D eigenvalue weighted by atomic mass is 16.5. The first-order valence-electron chi connectivity index (χ1n) is 7.99. The molecule has 2 heterocycles. The molecule has 1 aromatic rings. The van der Waals surface area contributed by atoms with Crippen molar-refractivity contribution in [2.75, 3.05) is 13.1 Å². The average molecular weight is 277 g/mol. The fourth-order valence-corrected chi connectivity index (χ4v) is 3.92. The van der Waals surface area contributed by atoms with Crippen molar-refractivity contribution in [3.63, 3.8) is 0 Å². The van der Waals surface area contributed by atoms with E-state index in [1.54, 1.807) is 0 Å². The van der Waals surface area contributed by atoms with Gasteiger partial charge >= 0.3 is 0 Å². The summed E-state index contributed by atoms with van der Waals surface area (Å²) in [5.74, 6) is 1.66. The molecule has 1 N–H and O–H groups in total. The lowest BCUT2D eigenvalue weighted by atomic mass is 9.89. The molecule has 0 amide bonds. The third-order valence-corrected chi connectivity index (χ3v) is 5.03. The molecule has 0 bridgehead atoms. The van der Waals surface area contributed by atoms with Crippen LogP contribution < -0.4 is 5.32 Å². The Bertz CT molecular complexity index is 448. The SMILES string of the molecule is Cc1cc(CN2CC3(CCCC3)NCC2C(C)C)on1. The Labute approximate surface area is 121 Å². The van der Waals surface area contributed by atoms with E-state index in [0.717, 1.165) is 31.1 Å². The van der Waals surface area contributed by atoms with Gasteiger partial charge in [-0.3, -0.25) is 4.90 Å². The molecule has 1 aromatic heterocycles. The molecule has 1 saturated carbocycles. The van der Waals surface area contributed by atoms with Crippen LogP contribution in [0.4, 0.5) is 0 Å². The van der Waals surface area contributed by atoms with Gasteiger partial charge in [0, 0.05) is 30.7 Å². The lowest BCUT2D eigenvalue weighted by molar-refractivity contribution is 0.0440. The minimum absolute atomic E-state index is 0.362. The maximum absolute atomic E-state index is 5.43. The minimum Gasteiger partial charge on any atom is -0.360 e. The van der Waals surface area contributed by atoms with Gasteiger partial charge in [0.05, 0.1) is 12.2 Å². The Kier molecular flexibility index (Phi) is 3.87. The Hall–Kier alpha value is -0.870. The Morgan fingerprint density at radius 1 is 1.45 bits per heavy atom. The van der Waals surface area contributed by atoms with E-state index >= 15 is 0 Å². The Balaban J connectivity index is 1.75. The van der Waals surface area contributed by atoms with Crippen molar-refractivity contribution in [3.05, 3.63) is 17.5 Å². The molecule has 1 atom stereocenters. The maximum atomic E-state index is 5.43. The molecule has 112 valence electrons. The first-order chi connectivity index (χ1) is 9.58. The van der Waals surface area contributed by atoms with Crippen LogP contribution in [-0.2, 0) is 6.54 Å². The van der Waals surface area contributed by atoms with Crippen LogP contribution in [0, 0.1) is 12.8 Å². The molecule has 3 rings (SSSR count). The van der Waals surface area contributed by atoms with E-state index < -0.39 is 0 Å². The summed E-state index contributed by atoms with van der Waals surface area (Å²) < 4.78 is 5.43. The van der Waals surface area contributed by atoms with Crippen LogP contribution in [0.5, 0.6) is 0 Å². The Morgan fingerprint density at radius 3 is 2.80 bits per heavy atom. The zero-order valence-electron chi connectivity index (χ0n) is 13.0. The number of hydrogen-bond donors (Lipinski definition) is 1. The van der Waals surface area contributed by atoms with Crippen molar-refractivity contribution in [2.45, 2.75) is 64.6 Å². The van der Waals surface area contributed by atoms with Gasteiger partial charge in [-0.05, 0) is 25.7 Å². The van der Waals surface area contributed by atoms with Crippen molar-refractivity contribution in [3.8, 4) is 0 Å². The quantitative estimate of drug-likeness (QED) is 0.922. The molecule has 1 saturated heterocycles. The maximum Gasteiger partial charge on any atom is 0.150 e. The lowest BCUT2D eigenvalue weighted by Gasteiger charge is -2.47. The van der Waals surface area contributed by atoms with Gasteiger partial charge in [0.15, 0.2) is 5.76 Å². The number of piperazine rings is 1. The molecule has 1 aliphatic carbocycles. The molecular formula is C16H27N3O. The molecule has 20 heavy (non-hydrogen) atoms. The van der Waals surface area contributed by atoms with Gasteiger partial charge < -0.3 is 9.84 Å². The normalized spacial score (nSPS) is 26.7. The molecule has 2 fully saturated rings. The van der Waals surface area contributed by atoms with Gasteiger partial charge in [-0.2, -0.15) is 0 Å². The first-order valence-corrected chi connectivity index (χ1v) is 7.99. The largest absolute Gasteiger partial charge is 0.360 e. The number of aromatic nitrogens is 1. The predicted octanol–water partition coefficient (Wildman–Crippen LogP) is 2.73. The summed E-state index contributed by atoms with van der Waals surface area (Å²) in [5.41, 5.74) is 1.34. The molecule has 0 radical (unpaired) electrons. The smallest absolute Gasteiger partial charge is 0.150 e. The molecule has 0 aromatic carbocycles. The van der Waals surface area contributed by atoms with E-state index in [1.165, 1.54) is 25.7 Å². The number of nitrogens with one attached hydrogen (secondary N) is 1. The van der Waals surface area contributed by atoms with Gasteiger partial charge in [-0.15, -0.1) is 0 Å². The Morgan fingerprint density at radius 2 is 2.20 bits per heavy atom. The summed E-state index contributed by atoms with van der Waals surface area (Å²) in [4.78, 5) is 2.62. The van der Waals surface area contributed by atoms with Crippen molar-refractivity contribution in [1.82, 2.24) is 15.4 Å². The van der Waals surface area contributed by atoms with Crippen molar-refractivity contribution in [1.29, 1.82) is 0 Å². The summed E-state index contributed by atoms with van der Waals surface area (Å²) in [5, 5.41) is 7.88. The molecule has 1 unspecified atom stereocenters. The summed E-state index contributed by atoms with van der Waals surface area (Å²) in [6.45, 7) is 9.77. The summed E-state index contributed by atoms with van der Waals surface area (Å²) in [6.07, 6.45) is 5.39. The van der Waals surface area contributed by atoms with E-state index in [9.17, 15) is 0 Å². The first kappa shape index (κ1) is 14.1. The molecular weight excluding hydrogens is 250 g/mol. The van der Waals surface area contributed by atoms with Crippen LogP contribution in [0.3, 0.4) is 0 Å². The van der Waals surface area contributed by atoms with Crippen LogP contribution in [0.15, 0.2) is 10.6 Å². The number of nitrogens with zero attached hydrogens (tertiary/aromatic N) is 2. The van der Waals surface area contributed by atoms with Crippen LogP contribution in [0.25, 0.3) is 0 Å². The topological polar surface area (TPSA) is 41.3 Å². The van der Waals surface area contributed by atoms with Crippen LogP contribution in [0.1, 0.15) is 51.0 Å². The fraction of sp³-hybridized carbons (Fsp3) is 0.812. The molecule has 4 nitrogen and oxygen atoms in total. The van der Waals surface area contributed by atoms with Gasteiger partial charge in [0.1, 0.15) is 0 Å². The lowest BCUT2D eigenvalue weighted by Crippen LogP contribution is -2.63. The van der Waals surface area contributed by atoms with Crippen molar-refractivity contribution < 1.29 is 4.52 Å². The van der Waals surface area contributed by atoms with Gasteiger partial charge in [-0.1, -0.05) is 31.8 Å². The average Bonchev–Trinajstić information content (AvgIpc) is 2.99. The third kappa shape index (κ3) is 2.77. The summed E-state index contributed by atoms with van der Waals surface area (Å²) >= 11 is 0. The molecule has 2 aliphatic rings. The minimum atomic E-state index is 0.362. The van der Waals surface area contributed by atoms with Gasteiger partial charge in [0.25, 0.3) is 0 Å². The van der Waals surface area contributed by atoms with Gasteiger partial charge in [-0.25, -0.2) is 0 Å². The highest BCUT2D eigenvalue weighted by Gasteiger charge is 2.41. The number of rotatable bonds is 3. The van der Waals surface area contributed by atoms with Crippen molar-refractivity contribution >= 4 is 0 Å². The van der Waals surface area contributed by atoms with Crippen LogP contribution in [0.2, 0.25) is 0 Å². The van der Waals surface area contributed by atoms with E-state index in [4.69, 9.17) is 4.52 Å². The zero-order chi connectivity index (χ0) is 14.2. The number of aryl methyl sites for hydroxylation is 1. The zero-order valence-corrected chi connectivity index (χ0v) is 13.0. The predicted molar refractivity (Wildman–Crippen MR) is 79.5 cm³/mol. The molecule has 1 aliphatic heterocycles. The van der Waals surface area contributed by atoms with Crippen LogP contribution in [-0.4, -0.2) is 34.7 Å². The second-order valence-electron chi connectivity index (χ2n) is 7.02. The van der Waals surface area contributed by atoms with Crippen LogP contribution >= 0.6 is 0 Å². The molecule has 1 spiro atoms.